The van der Waals surface area contributed by atoms with Crippen LogP contribution in [-0.4, -0.2) is 57.3 Å². The number of nitrogens with one attached hydrogen (secondary N) is 6. The molecule has 0 aliphatic rings. The van der Waals surface area contributed by atoms with Gasteiger partial charge in [-0.2, -0.15) is 10.2 Å². The molecule has 20 heteroatoms. The van der Waals surface area contributed by atoms with Gasteiger partial charge in [-0.05, 0) is 132 Å². The fourth-order valence-electron chi connectivity index (χ4n) is 6.04. The van der Waals surface area contributed by atoms with Crippen LogP contribution in [0.3, 0.4) is 0 Å². The van der Waals surface area contributed by atoms with Gasteiger partial charge < -0.3 is 41.4 Å². The Balaban J connectivity index is 0.953. The number of azo groups is 1. The Labute approximate surface area is 388 Å². The summed E-state index contributed by atoms with van der Waals surface area (Å²) in [4.78, 5) is 106. The zero-order chi connectivity index (χ0) is 48.7. The van der Waals surface area contributed by atoms with E-state index in [1.54, 1.807) is 72.8 Å². The Morgan fingerprint density at radius 2 is 0.676 bits per heavy atom. The maximum atomic E-state index is 13.0. The molecule has 0 aliphatic carbocycles. The zero-order valence-corrected chi connectivity index (χ0v) is 36.8. The SMILES string of the molecule is CC(=O)Nc1cc(COC(=O)c2ccc(NC(=O)c3ccc(/N=N/c4ccc(C(=O)Nc5ccc(C(=O)OCc6cc(NC(C)=O)nc(NC(C)=O)c6)cc5)cc4)cc3)cc2)cc(NC(C)=O)n1. The van der Waals surface area contributed by atoms with Crippen molar-refractivity contribution in [3.8, 4) is 0 Å². The number of rotatable bonds is 16. The van der Waals surface area contributed by atoms with E-state index in [9.17, 15) is 38.4 Å². The molecular formula is C48H42N10O10. The third-order valence-corrected chi connectivity index (χ3v) is 9.02. The normalized spacial score (nSPS) is 10.6. The average molecular weight is 919 g/mol. The molecule has 68 heavy (non-hydrogen) atoms. The van der Waals surface area contributed by atoms with E-state index in [1.807, 2.05) is 0 Å². The first-order valence-electron chi connectivity index (χ1n) is 20.5. The smallest absolute Gasteiger partial charge is 0.338 e. The van der Waals surface area contributed by atoms with E-state index in [0.717, 1.165) is 0 Å². The first-order chi connectivity index (χ1) is 32.5. The van der Waals surface area contributed by atoms with Crippen LogP contribution >= 0.6 is 0 Å². The summed E-state index contributed by atoms with van der Waals surface area (Å²) in [6.45, 7) is 4.91. The number of benzene rings is 4. The van der Waals surface area contributed by atoms with Crippen molar-refractivity contribution in [3.63, 3.8) is 0 Å². The van der Waals surface area contributed by atoms with Crippen molar-refractivity contribution < 1.29 is 47.8 Å². The Hall–Kier alpha value is -9.46. The largest absolute Gasteiger partial charge is 0.457 e. The van der Waals surface area contributed by atoms with Gasteiger partial charge in [0.2, 0.25) is 23.6 Å². The van der Waals surface area contributed by atoms with E-state index in [-0.39, 0.29) is 71.2 Å². The van der Waals surface area contributed by atoms with Gasteiger partial charge in [0.25, 0.3) is 11.8 Å². The predicted octanol–water partition coefficient (Wildman–Crippen LogP) is 7.94. The van der Waals surface area contributed by atoms with Crippen LogP contribution in [0.5, 0.6) is 0 Å². The molecule has 2 aromatic heterocycles. The minimum atomic E-state index is -0.641. The van der Waals surface area contributed by atoms with Crippen LogP contribution in [0, 0.1) is 0 Å². The summed E-state index contributed by atoms with van der Waals surface area (Å²) in [6.07, 6.45) is 0. The Morgan fingerprint density at radius 1 is 0.397 bits per heavy atom. The molecular weight excluding hydrogens is 877 g/mol. The molecule has 0 saturated carbocycles. The molecule has 0 radical (unpaired) electrons. The lowest BCUT2D eigenvalue weighted by Crippen LogP contribution is -2.13. The summed E-state index contributed by atoms with van der Waals surface area (Å²) in [5, 5.41) is 24.1. The molecule has 6 N–H and O–H groups in total. The highest BCUT2D eigenvalue weighted by Gasteiger charge is 2.15. The molecule has 344 valence electrons. The van der Waals surface area contributed by atoms with Crippen molar-refractivity contribution in [2.45, 2.75) is 40.9 Å². The quantitative estimate of drug-likeness (QED) is 0.0399. The third kappa shape index (κ3) is 14.5. The number of carbonyl (C=O) groups excluding carboxylic acids is 8. The Kier molecular flexibility index (Phi) is 15.8. The lowest BCUT2D eigenvalue weighted by atomic mass is 10.1. The summed E-state index contributed by atoms with van der Waals surface area (Å²) < 4.78 is 10.8. The van der Waals surface area contributed by atoms with E-state index in [2.05, 4.69) is 52.1 Å². The molecule has 4 aromatic carbocycles. The summed E-state index contributed by atoms with van der Waals surface area (Å²) in [7, 11) is 0. The van der Waals surface area contributed by atoms with E-state index >= 15 is 0 Å². The minimum absolute atomic E-state index is 0.170. The standard InChI is InChI=1S/C48H42N10O10/c1-27(59)49-41-21-31(22-42(55-41)50-28(2)60)25-67-47(65)35-9-13-37(14-10-35)53-45(63)33-5-17-39(18-6-33)57-58-40-19-7-34(8-20-40)46(64)54-38-15-11-36(12-16-38)48(66)68-26-32-23-43(51-29(3)61)56-44(24-32)52-30(4)62/h5-24H,25-26H2,1-4H3,(H,53,63)(H,54,64)(H2,49,50,55,59,60)(H2,51,52,56,61,62)/b58-57+. The fourth-order valence-corrected chi connectivity index (χ4v) is 6.04. The number of esters is 2. The molecule has 0 aliphatic heterocycles. The van der Waals surface area contributed by atoms with Crippen molar-refractivity contribution in [2.75, 3.05) is 31.9 Å². The van der Waals surface area contributed by atoms with Crippen LogP contribution < -0.4 is 31.9 Å². The molecule has 2 heterocycles. The number of carbonyl (C=O) groups is 8. The number of hydrogen-bond acceptors (Lipinski definition) is 14. The van der Waals surface area contributed by atoms with Crippen LogP contribution in [0.4, 0.5) is 46.0 Å². The summed E-state index contributed by atoms with van der Waals surface area (Å²) >= 11 is 0. The highest BCUT2D eigenvalue weighted by Crippen LogP contribution is 2.23. The number of ether oxygens (including phenoxy) is 2. The number of aromatic nitrogens is 2. The lowest BCUT2D eigenvalue weighted by Gasteiger charge is -2.11. The molecule has 0 unspecified atom stereocenters. The summed E-state index contributed by atoms with van der Waals surface area (Å²) in [6, 6.07) is 31.0. The minimum Gasteiger partial charge on any atom is -0.457 e. The monoisotopic (exact) mass is 918 g/mol. The van der Waals surface area contributed by atoms with Crippen LogP contribution in [0.2, 0.25) is 0 Å². The van der Waals surface area contributed by atoms with Gasteiger partial charge in [0.15, 0.2) is 0 Å². The second kappa shape index (κ2) is 22.4. The van der Waals surface area contributed by atoms with Gasteiger partial charge >= 0.3 is 11.9 Å². The van der Waals surface area contributed by atoms with Crippen LogP contribution in [0.15, 0.2) is 132 Å². The molecule has 0 spiro atoms. The van der Waals surface area contributed by atoms with Gasteiger partial charge in [-0.1, -0.05) is 0 Å². The lowest BCUT2D eigenvalue weighted by molar-refractivity contribution is -0.115. The molecule has 6 rings (SSSR count). The molecule has 0 bridgehead atoms. The van der Waals surface area contributed by atoms with Crippen molar-refractivity contribution in [3.05, 3.63) is 155 Å². The molecule has 6 amide bonds. The Morgan fingerprint density at radius 3 is 0.956 bits per heavy atom. The van der Waals surface area contributed by atoms with E-state index in [4.69, 9.17) is 9.47 Å². The first-order valence-corrected chi connectivity index (χ1v) is 20.5. The second-order valence-corrected chi connectivity index (χ2v) is 14.7. The van der Waals surface area contributed by atoms with Crippen LogP contribution in [-0.2, 0) is 41.9 Å². The molecule has 0 fully saturated rings. The van der Waals surface area contributed by atoms with E-state index in [0.29, 0.717) is 45.0 Å². The number of anilines is 6. The van der Waals surface area contributed by atoms with Crippen molar-refractivity contribution in [1.82, 2.24) is 9.97 Å². The molecule has 0 saturated heterocycles. The maximum absolute atomic E-state index is 13.0. The second-order valence-electron chi connectivity index (χ2n) is 14.7. The highest BCUT2D eigenvalue weighted by molar-refractivity contribution is 6.05. The van der Waals surface area contributed by atoms with Gasteiger partial charge in [0.1, 0.15) is 36.5 Å². The topological polar surface area (TPSA) is 278 Å². The first kappa shape index (κ1) is 48.0. The van der Waals surface area contributed by atoms with Gasteiger partial charge in [-0.25, -0.2) is 19.6 Å². The summed E-state index contributed by atoms with van der Waals surface area (Å²) in [5.74, 6) is -2.84. The number of hydrogen-bond donors (Lipinski definition) is 6. The molecule has 6 aromatic rings. The zero-order valence-electron chi connectivity index (χ0n) is 36.8. The summed E-state index contributed by atoms with van der Waals surface area (Å²) in [5.41, 5.74) is 3.86. The predicted molar refractivity (Wildman–Crippen MR) is 250 cm³/mol. The van der Waals surface area contributed by atoms with Crippen molar-refractivity contribution in [2.24, 2.45) is 10.2 Å². The average Bonchev–Trinajstić information content (AvgIpc) is 3.29. The molecule has 0 atom stereocenters. The fraction of sp³-hybridized carbons (Fsp3) is 0.125. The third-order valence-electron chi connectivity index (χ3n) is 9.02. The number of amides is 6. The van der Waals surface area contributed by atoms with Crippen LogP contribution in [0.1, 0.15) is 80.3 Å². The highest BCUT2D eigenvalue weighted by atomic mass is 16.5. The van der Waals surface area contributed by atoms with Gasteiger partial charge in [0.05, 0.1) is 22.5 Å². The maximum Gasteiger partial charge on any atom is 0.338 e. The Bertz CT molecular complexity index is 2660. The van der Waals surface area contributed by atoms with Crippen LogP contribution in [0.25, 0.3) is 0 Å². The van der Waals surface area contributed by atoms with Gasteiger partial charge in [-0.15, -0.1) is 0 Å². The van der Waals surface area contributed by atoms with Gasteiger partial charge in [-0.3, -0.25) is 28.8 Å². The van der Waals surface area contributed by atoms with Crippen molar-refractivity contribution in [1.29, 1.82) is 0 Å². The molecule has 20 nitrogen and oxygen atoms in total. The number of nitrogens with zero attached hydrogens (tertiary/aromatic N) is 4. The number of pyridine rings is 2. The van der Waals surface area contributed by atoms with E-state index < -0.39 is 23.8 Å². The van der Waals surface area contributed by atoms with Gasteiger partial charge in [0, 0.05) is 50.2 Å². The van der Waals surface area contributed by atoms with E-state index in [1.165, 1.54) is 76.2 Å². The van der Waals surface area contributed by atoms with Crippen molar-refractivity contribution >= 4 is 93.4 Å².